The predicted molar refractivity (Wildman–Crippen MR) is 233 cm³/mol. The molecule has 23 heteroatoms. The van der Waals surface area contributed by atoms with E-state index in [1.807, 2.05) is 69.8 Å². The molecule has 0 saturated carbocycles. The summed E-state index contributed by atoms with van der Waals surface area (Å²) in [7, 11) is 0. The number of nitrogens with zero attached hydrogens (tertiary/aromatic N) is 6. The Balaban J connectivity index is 0.000000272. The van der Waals surface area contributed by atoms with Gasteiger partial charge in [0.1, 0.15) is 15.8 Å². The summed E-state index contributed by atoms with van der Waals surface area (Å²) in [5, 5.41) is 51.2. The van der Waals surface area contributed by atoms with E-state index < -0.39 is 48.7 Å². The summed E-state index contributed by atoms with van der Waals surface area (Å²) < 4.78 is 5.01. The molecule has 0 aliphatic carbocycles. The Morgan fingerprint density at radius 1 is 0.603 bits per heavy atom. The van der Waals surface area contributed by atoms with E-state index in [-0.39, 0.29) is 54.2 Å². The number of aromatic nitrogens is 4. The maximum Gasteiger partial charge on any atom is 1.00 e. The predicted octanol–water partition coefficient (Wildman–Crippen LogP) is -0.193. The summed E-state index contributed by atoms with van der Waals surface area (Å²) in [5.74, 6) is -4.61. The van der Waals surface area contributed by atoms with E-state index in [1.54, 1.807) is 24.5 Å². The van der Waals surface area contributed by atoms with Crippen LogP contribution < -0.4 is 55.9 Å². The maximum absolute atomic E-state index is 12.1. The fourth-order valence-corrected chi connectivity index (χ4v) is 8.40. The average Bonchev–Trinajstić information content (AvgIpc) is 3.84. The Morgan fingerprint density at radius 2 is 0.984 bits per heavy atom. The minimum absolute atomic E-state index is 0. The number of imidazole rings is 2. The SMILES string of the molecule is N#Cc1ccc(-n2c(Br)cnc2SCC(=O)NCC(=O)NCC(=O)O)c2ccccc12.N#Cc1ccc(-n2c(Br)cnc2SCC(=O)NCC(=O)NCC(=O)[O-])c2ccccc12.[Na+]. The van der Waals surface area contributed by atoms with Crippen LogP contribution in [-0.2, 0) is 28.8 Å². The van der Waals surface area contributed by atoms with Gasteiger partial charge in [-0.3, -0.25) is 33.1 Å². The molecule has 0 bridgehead atoms. The summed E-state index contributed by atoms with van der Waals surface area (Å²) in [6.07, 6.45) is 3.23. The van der Waals surface area contributed by atoms with Crippen molar-refractivity contribution in [1.29, 1.82) is 10.5 Å². The number of carbonyl (C=O) groups excluding carboxylic acids is 5. The first-order valence-corrected chi connectivity index (χ1v) is 21.4. The zero-order chi connectivity index (χ0) is 44.8. The number of hydrogen-bond donors (Lipinski definition) is 5. The number of thioether (sulfide) groups is 2. The minimum atomic E-state index is -1.41. The van der Waals surface area contributed by atoms with Crippen molar-refractivity contribution in [2.24, 2.45) is 0 Å². The molecule has 0 aliphatic heterocycles. The second-order valence-corrected chi connectivity index (χ2v) is 15.9. The van der Waals surface area contributed by atoms with E-state index in [1.165, 1.54) is 23.5 Å². The molecule has 0 spiro atoms. The van der Waals surface area contributed by atoms with Crippen molar-refractivity contribution in [2.45, 2.75) is 10.3 Å². The van der Waals surface area contributed by atoms with E-state index in [9.17, 15) is 44.4 Å². The van der Waals surface area contributed by atoms with Gasteiger partial charge in [0.05, 0.1) is 84.1 Å². The van der Waals surface area contributed by atoms with Gasteiger partial charge in [-0.2, -0.15) is 10.5 Å². The molecule has 5 N–H and O–H groups in total. The summed E-state index contributed by atoms with van der Waals surface area (Å²) in [5.41, 5.74) is 2.71. The van der Waals surface area contributed by atoms with Gasteiger partial charge in [0.15, 0.2) is 10.3 Å². The van der Waals surface area contributed by atoms with Gasteiger partial charge in [0.25, 0.3) is 0 Å². The van der Waals surface area contributed by atoms with Gasteiger partial charge >= 0.3 is 35.5 Å². The van der Waals surface area contributed by atoms with Crippen LogP contribution in [0.5, 0.6) is 0 Å². The number of carboxylic acids is 2. The minimum Gasteiger partial charge on any atom is -0.548 e. The first-order valence-electron chi connectivity index (χ1n) is 17.9. The molecule has 0 aliphatic rings. The van der Waals surface area contributed by atoms with Crippen LogP contribution in [0.15, 0.2) is 105 Å². The molecule has 2 heterocycles. The van der Waals surface area contributed by atoms with Crippen molar-refractivity contribution < 1.29 is 68.5 Å². The quantitative estimate of drug-likeness (QED) is 0.0621. The number of carbonyl (C=O) groups is 6. The summed E-state index contributed by atoms with van der Waals surface area (Å²) in [6.45, 7) is -1.78. The standard InChI is InChI=1S/2C20H16BrN5O4S.Na/c2*21-16-8-25-20(31-11-18(28)23-9-17(27)24-10-19(29)30)26(16)15-6-5-12(7-22)13-3-1-2-4-14(13)15;/h2*1-6,8H,9-11H2,(H,23,28)(H,24,27)(H,29,30);/q;;+1/p-1. The Kier molecular flexibility index (Phi) is 19.2. The number of nitrogens with one attached hydrogen (secondary N) is 4. The third-order valence-corrected chi connectivity index (χ3v) is 11.3. The van der Waals surface area contributed by atoms with Gasteiger partial charge in [-0.25, -0.2) is 9.97 Å². The topological polar surface area (TPSA) is 277 Å². The van der Waals surface area contributed by atoms with E-state index in [0.717, 1.165) is 32.9 Å². The second kappa shape index (κ2) is 24.2. The average molecular weight is 1030 g/mol. The molecule has 0 radical (unpaired) electrons. The molecule has 4 aromatic carbocycles. The third kappa shape index (κ3) is 13.6. The molecule has 2 aromatic heterocycles. The number of fused-ring (bicyclic) bond motifs is 2. The van der Waals surface area contributed by atoms with Crippen molar-refractivity contribution >= 4 is 112 Å². The molecule has 6 aromatic rings. The monoisotopic (exact) mass is 1020 g/mol. The van der Waals surface area contributed by atoms with E-state index >= 15 is 0 Å². The van der Waals surface area contributed by atoms with Crippen LogP contribution in [0.4, 0.5) is 0 Å². The van der Waals surface area contributed by atoms with Gasteiger partial charge in [-0.05, 0) is 56.1 Å². The number of aliphatic carboxylic acids is 2. The molecule has 4 amide bonds. The Morgan fingerprint density at radius 3 is 1.37 bits per heavy atom. The van der Waals surface area contributed by atoms with Gasteiger partial charge in [0.2, 0.25) is 23.6 Å². The van der Waals surface area contributed by atoms with Gasteiger partial charge in [-0.1, -0.05) is 72.1 Å². The number of benzene rings is 4. The Hall–Kier alpha value is -5.72. The van der Waals surface area contributed by atoms with Crippen LogP contribution in [0.2, 0.25) is 0 Å². The van der Waals surface area contributed by atoms with Crippen molar-refractivity contribution in [3.63, 3.8) is 0 Å². The van der Waals surface area contributed by atoms with Crippen molar-refractivity contribution in [3.05, 3.63) is 106 Å². The summed E-state index contributed by atoms with van der Waals surface area (Å²) in [4.78, 5) is 76.6. The summed E-state index contributed by atoms with van der Waals surface area (Å²) >= 11 is 9.30. The number of hydrogen-bond acceptors (Lipinski definition) is 13. The second-order valence-electron chi connectivity index (χ2n) is 12.4. The molecular weight excluding hydrogens is 995 g/mol. The molecule has 0 saturated heterocycles. The first kappa shape index (κ1) is 49.9. The molecule has 0 unspecified atom stereocenters. The molecule has 63 heavy (non-hydrogen) atoms. The molecule has 18 nitrogen and oxygen atoms in total. The molecule has 316 valence electrons. The number of rotatable bonds is 16. The van der Waals surface area contributed by atoms with Crippen LogP contribution >= 0.6 is 55.4 Å². The summed E-state index contributed by atoms with van der Waals surface area (Å²) in [6, 6.07) is 26.5. The van der Waals surface area contributed by atoms with Crippen LogP contribution in [0.1, 0.15) is 11.1 Å². The van der Waals surface area contributed by atoms with Crippen LogP contribution in [0.25, 0.3) is 32.9 Å². The zero-order valence-corrected chi connectivity index (χ0v) is 39.7. The van der Waals surface area contributed by atoms with E-state index in [0.29, 0.717) is 30.6 Å². The fraction of sp³-hybridized carbons (Fsp3) is 0.150. The molecule has 0 atom stereocenters. The molecular formula is C40H31Br2N10NaO8S2. The van der Waals surface area contributed by atoms with Gasteiger partial charge < -0.3 is 36.3 Å². The van der Waals surface area contributed by atoms with Crippen LogP contribution in [0.3, 0.4) is 0 Å². The van der Waals surface area contributed by atoms with Crippen LogP contribution in [0, 0.1) is 22.7 Å². The van der Waals surface area contributed by atoms with Crippen molar-refractivity contribution in [1.82, 2.24) is 40.4 Å². The van der Waals surface area contributed by atoms with Gasteiger partial charge in [0, 0.05) is 21.5 Å². The number of carboxylic acid groups (broad SMARTS) is 2. The normalized spacial score (nSPS) is 10.3. The zero-order valence-electron chi connectivity index (χ0n) is 32.9. The number of halogens is 2. The third-order valence-electron chi connectivity index (χ3n) is 8.32. The number of amides is 4. The van der Waals surface area contributed by atoms with E-state index in [2.05, 4.69) is 75.2 Å². The number of nitriles is 2. The van der Waals surface area contributed by atoms with E-state index in [4.69, 9.17) is 5.11 Å². The Bertz CT molecular complexity index is 2600. The van der Waals surface area contributed by atoms with Gasteiger partial charge in [-0.15, -0.1) is 0 Å². The van der Waals surface area contributed by atoms with Crippen LogP contribution in [-0.4, -0.2) is 97.5 Å². The molecule has 0 fully saturated rings. The molecule has 6 rings (SSSR count). The Labute approximate surface area is 405 Å². The maximum atomic E-state index is 12.1. The largest absolute Gasteiger partial charge is 1.00 e. The van der Waals surface area contributed by atoms with Crippen molar-refractivity contribution in [3.8, 4) is 23.5 Å². The fourth-order valence-electron chi connectivity index (χ4n) is 5.61. The van der Waals surface area contributed by atoms with Crippen molar-refractivity contribution in [2.75, 3.05) is 37.7 Å². The first-order chi connectivity index (χ1) is 29.8. The smallest absolute Gasteiger partial charge is 0.548 e.